The first-order chi connectivity index (χ1) is 8.04. The summed E-state index contributed by atoms with van der Waals surface area (Å²) in [6.45, 7) is 3.81. The third kappa shape index (κ3) is 1.86. The van der Waals surface area contributed by atoms with Gasteiger partial charge in [-0.05, 0) is 37.6 Å². The fraction of sp³-hybridized carbons (Fsp3) is 0.308. The van der Waals surface area contributed by atoms with E-state index in [2.05, 4.69) is 5.10 Å². The number of aryl methyl sites for hydroxylation is 2. The summed E-state index contributed by atoms with van der Waals surface area (Å²) in [5.74, 6) is 0.852. The van der Waals surface area contributed by atoms with Crippen LogP contribution < -0.4 is 10.3 Å². The van der Waals surface area contributed by atoms with Crippen molar-refractivity contribution >= 4 is 0 Å². The molecule has 0 atom stereocenters. The lowest BCUT2D eigenvalue weighted by molar-refractivity contribution is 0.412. The number of methoxy groups -OCH3 is 1. The number of nitrogens with one attached hydrogen (secondary N) is 1. The highest BCUT2D eigenvalue weighted by atomic mass is 16.5. The molecule has 0 saturated heterocycles. The number of hydrogen-bond donors (Lipinski definition) is 1. The van der Waals surface area contributed by atoms with Crippen LogP contribution in [0.5, 0.6) is 5.75 Å². The van der Waals surface area contributed by atoms with Crippen molar-refractivity contribution in [1.82, 2.24) is 9.78 Å². The van der Waals surface area contributed by atoms with Gasteiger partial charge in [-0.2, -0.15) is 0 Å². The number of H-pyrrole nitrogens is 1. The molecule has 1 heterocycles. The maximum atomic E-state index is 11.7. The van der Waals surface area contributed by atoms with Gasteiger partial charge in [0.15, 0.2) is 0 Å². The minimum Gasteiger partial charge on any atom is -0.496 e. The minimum atomic E-state index is 0.00784. The summed E-state index contributed by atoms with van der Waals surface area (Å²) in [7, 11) is 3.37. The molecule has 0 aliphatic rings. The summed E-state index contributed by atoms with van der Waals surface area (Å²) in [5, 5.41) is 3.06. The lowest BCUT2D eigenvalue weighted by Gasteiger charge is -2.06. The van der Waals surface area contributed by atoms with Crippen molar-refractivity contribution < 1.29 is 4.74 Å². The molecule has 0 amide bonds. The van der Waals surface area contributed by atoms with E-state index in [1.54, 1.807) is 14.2 Å². The number of hydrogen-bond acceptors (Lipinski definition) is 2. The zero-order valence-corrected chi connectivity index (χ0v) is 10.5. The largest absolute Gasteiger partial charge is 0.496 e. The molecule has 90 valence electrons. The zero-order chi connectivity index (χ0) is 12.6. The van der Waals surface area contributed by atoms with Crippen LogP contribution in [0.25, 0.3) is 11.3 Å². The fourth-order valence-corrected chi connectivity index (χ4v) is 1.98. The first-order valence-corrected chi connectivity index (χ1v) is 5.45. The minimum absolute atomic E-state index is 0.00784. The topological polar surface area (TPSA) is 47.0 Å². The van der Waals surface area contributed by atoms with Crippen molar-refractivity contribution in [2.24, 2.45) is 7.05 Å². The van der Waals surface area contributed by atoms with Crippen molar-refractivity contribution in [3.8, 4) is 17.0 Å². The van der Waals surface area contributed by atoms with Gasteiger partial charge in [-0.25, -0.2) is 0 Å². The van der Waals surface area contributed by atoms with Gasteiger partial charge < -0.3 is 4.74 Å². The van der Waals surface area contributed by atoms with Crippen molar-refractivity contribution in [1.29, 1.82) is 0 Å². The first kappa shape index (κ1) is 11.5. The summed E-state index contributed by atoms with van der Waals surface area (Å²) in [5.41, 5.74) is 3.65. The monoisotopic (exact) mass is 232 g/mol. The molecule has 2 aromatic rings. The van der Waals surface area contributed by atoms with Crippen LogP contribution in [-0.2, 0) is 7.05 Å². The second kappa shape index (κ2) is 4.13. The highest BCUT2D eigenvalue weighted by molar-refractivity contribution is 5.64. The lowest BCUT2D eigenvalue weighted by Crippen LogP contribution is -2.12. The van der Waals surface area contributed by atoms with Crippen LogP contribution in [0.1, 0.15) is 11.1 Å². The molecule has 0 radical (unpaired) electrons. The maximum Gasteiger partial charge on any atom is 0.269 e. The predicted octanol–water partition coefficient (Wildman–Crippen LogP) is 2.01. The van der Waals surface area contributed by atoms with Gasteiger partial charge in [0, 0.05) is 18.2 Å². The maximum absolute atomic E-state index is 11.7. The summed E-state index contributed by atoms with van der Waals surface area (Å²) in [6.07, 6.45) is 0. The van der Waals surface area contributed by atoms with Crippen LogP contribution in [0.3, 0.4) is 0 Å². The Bertz CT molecular complexity index is 608. The van der Waals surface area contributed by atoms with E-state index in [4.69, 9.17) is 4.74 Å². The van der Waals surface area contributed by atoms with E-state index >= 15 is 0 Å². The molecule has 0 unspecified atom stereocenters. The van der Waals surface area contributed by atoms with Crippen LogP contribution >= 0.6 is 0 Å². The number of aromatic nitrogens is 2. The summed E-state index contributed by atoms with van der Waals surface area (Å²) >= 11 is 0. The molecule has 1 N–H and O–H groups in total. The summed E-state index contributed by atoms with van der Waals surface area (Å²) < 4.78 is 6.71. The second-order valence-electron chi connectivity index (χ2n) is 4.16. The Morgan fingerprint density at radius 2 is 2.00 bits per heavy atom. The van der Waals surface area contributed by atoms with Crippen LogP contribution in [0, 0.1) is 13.8 Å². The molecule has 4 nitrogen and oxygen atoms in total. The van der Waals surface area contributed by atoms with Crippen LogP contribution in [-0.4, -0.2) is 16.9 Å². The van der Waals surface area contributed by atoms with Gasteiger partial charge >= 0.3 is 0 Å². The number of benzene rings is 1. The van der Waals surface area contributed by atoms with Gasteiger partial charge in [0.2, 0.25) is 0 Å². The molecular formula is C13H16N2O2. The molecule has 0 spiro atoms. The van der Waals surface area contributed by atoms with E-state index in [0.29, 0.717) is 0 Å². The van der Waals surface area contributed by atoms with Crippen LogP contribution in [0.2, 0.25) is 0 Å². The number of aromatic amines is 1. The molecule has 0 bridgehead atoms. The van der Waals surface area contributed by atoms with Crippen LogP contribution in [0.15, 0.2) is 23.0 Å². The number of ether oxygens (including phenoxy) is 1. The van der Waals surface area contributed by atoms with Gasteiger partial charge in [0.25, 0.3) is 5.56 Å². The average Bonchev–Trinajstić information content (AvgIpc) is 2.57. The molecule has 0 fully saturated rings. The van der Waals surface area contributed by atoms with Crippen molar-refractivity contribution in [3.05, 3.63) is 39.7 Å². The number of nitrogens with zero attached hydrogens (tertiary/aromatic N) is 1. The van der Waals surface area contributed by atoms with Gasteiger partial charge in [-0.15, -0.1) is 0 Å². The van der Waals surface area contributed by atoms with E-state index in [0.717, 1.165) is 28.1 Å². The zero-order valence-electron chi connectivity index (χ0n) is 10.5. The first-order valence-electron chi connectivity index (χ1n) is 5.45. The Labute approximate surface area is 99.8 Å². The average molecular weight is 232 g/mol. The Morgan fingerprint density at radius 1 is 1.29 bits per heavy atom. The molecule has 1 aromatic heterocycles. The Balaban J connectivity index is 2.57. The third-order valence-corrected chi connectivity index (χ3v) is 2.96. The predicted molar refractivity (Wildman–Crippen MR) is 67.5 cm³/mol. The SMILES string of the molecule is COc1ccc(-c2[nH]n(C)c(=O)c2C)cc1C. The van der Waals surface area contributed by atoms with E-state index in [1.807, 2.05) is 32.0 Å². The molecule has 2 rings (SSSR count). The van der Waals surface area contributed by atoms with Gasteiger partial charge in [0.05, 0.1) is 12.8 Å². The standard InChI is InChI=1S/C13H16N2O2/c1-8-7-10(5-6-11(8)17-4)12-9(2)13(16)15(3)14-12/h5-7,14H,1-4H3. The van der Waals surface area contributed by atoms with E-state index < -0.39 is 0 Å². The second-order valence-corrected chi connectivity index (χ2v) is 4.16. The van der Waals surface area contributed by atoms with Crippen LogP contribution in [0.4, 0.5) is 0 Å². The highest BCUT2D eigenvalue weighted by Crippen LogP contribution is 2.25. The molecule has 1 aromatic carbocycles. The smallest absolute Gasteiger partial charge is 0.269 e. The number of rotatable bonds is 2. The van der Waals surface area contributed by atoms with E-state index in [1.165, 1.54) is 4.68 Å². The Hall–Kier alpha value is -1.97. The van der Waals surface area contributed by atoms with Crippen molar-refractivity contribution in [2.45, 2.75) is 13.8 Å². The van der Waals surface area contributed by atoms with E-state index in [9.17, 15) is 4.79 Å². The Kier molecular flexibility index (Phi) is 2.79. The fourth-order valence-electron chi connectivity index (χ4n) is 1.98. The van der Waals surface area contributed by atoms with Crippen molar-refractivity contribution in [3.63, 3.8) is 0 Å². The quantitative estimate of drug-likeness (QED) is 0.861. The highest BCUT2D eigenvalue weighted by Gasteiger charge is 2.10. The molecular weight excluding hydrogens is 216 g/mol. The molecule has 0 aliphatic carbocycles. The summed E-state index contributed by atoms with van der Waals surface area (Å²) in [4.78, 5) is 11.7. The van der Waals surface area contributed by atoms with Gasteiger partial charge in [-0.3, -0.25) is 14.6 Å². The normalized spacial score (nSPS) is 10.6. The van der Waals surface area contributed by atoms with Gasteiger partial charge in [-0.1, -0.05) is 0 Å². The molecule has 17 heavy (non-hydrogen) atoms. The summed E-state index contributed by atoms with van der Waals surface area (Å²) in [6, 6.07) is 5.87. The van der Waals surface area contributed by atoms with Gasteiger partial charge in [0.1, 0.15) is 5.75 Å². The molecule has 4 heteroatoms. The van der Waals surface area contributed by atoms with E-state index in [-0.39, 0.29) is 5.56 Å². The third-order valence-electron chi connectivity index (χ3n) is 2.96. The Morgan fingerprint density at radius 3 is 2.47 bits per heavy atom. The van der Waals surface area contributed by atoms with Crippen molar-refractivity contribution in [2.75, 3.05) is 7.11 Å². The molecule has 0 saturated carbocycles. The molecule has 0 aliphatic heterocycles. The lowest BCUT2D eigenvalue weighted by atomic mass is 10.1.